The topological polar surface area (TPSA) is 57.6 Å². The van der Waals surface area contributed by atoms with Crippen LogP contribution >= 0.6 is 15.9 Å². The maximum Gasteiger partial charge on any atom is 0.337 e. The van der Waals surface area contributed by atoms with E-state index in [2.05, 4.69) is 15.9 Å². The molecule has 1 heterocycles. The summed E-state index contributed by atoms with van der Waals surface area (Å²) in [5.74, 6) is -2.08. The van der Waals surface area contributed by atoms with Crippen LogP contribution < -0.4 is 4.90 Å². The molecule has 1 fully saturated rings. The van der Waals surface area contributed by atoms with E-state index in [0.717, 1.165) is 6.07 Å². The molecule has 1 amide bonds. The molecule has 1 N–H and O–H groups in total. The van der Waals surface area contributed by atoms with Gasteiger partial charge in [-0.25, -0.2) is 9.18 Å². The van der Waals surface area contributed by atoms with Gasteiger partial charge in [0.05, 0.1) is 11.3 Å². The molecule has 1 aromatic carbocycles. The highest BCUT2D eigenvalue weighted by molar-refractivity contribution is 9.09. The number of carbonyl (C=O) groups is 2. The van der Waals surface area contributed by atoms with Gasteiger partial charge in [-0.2, -0.15) is 0 Å². The third-order valence-corrected chi connectivity index (χ3v) is 3.83. The summed E-state index contributed by atoms with van der Waals surface area (Å²) in [5, 5.41) is 9.68. The number of alkyl halides is 1. The maximum atomic E-state index is 13.8. The van der Waals surface area contributed by atoms with Crippen LogP contribution in [0, 0.1) is 11.7 Å². The summed E-state index contributed by atoms with van der Waals surface area (Å²) in [6.45, 7) is 0.339. The largest absolute Gasteiger partial charge is 0.478 e. The fourth-order valence-corrected chi connectivity index (χ4v) is 2.50. The lowest BCUT2D eigenvalue weighted by molar-refractivity contribution is -0.117. The van der Waals surface area contributed by atoms with Crippen molar-refractivity contribution in [2.24, 2.45) is 5.92 Å². The Morgan fingerprint density at radius 2 is 2.28 bits per heavy atom. The van der Waals surface area contributed by atoms with Crippen molar-refractivity contribution < 1.29 is 19.1 Å². The molecule has 0 aromatic heterocycles. The van der Waals surface area contributed by atoms with E-state index in [-0.39, 0.29) is 23.1 Å². The van der Waals surface area contributed by atoms with Crippen LogP contribution in [0.15, 0.2) is 18.2 Å². The molecule has 1 aromatic rings. The first-order valence-corrected chi connectivity index (χ1v) is 6.55. The summed E-state index contributed by atoms with van der Waals surface area (Å²) in [6, 6.07) is 3.79. The molecule has 0 aliphatic carbocycles. The predicted molar refractivity (Wildman–Crippen MR) is 67.6 cm³/mol. The fourth-order valence-electron chi connectivity index (χ4n) is 2.06. The lowest BCUT2D eigenvalue weighted by atomic mass is 10.1. The molecule has 4 nitrogen and oxygen atoms in total. The lowest BCUT2D eigenvalue weighted by Gasteiger charge is -2.19. The molecule has 0 saturated carbocycles. The lowest BCUT2D eigenvalue weighted by Crippen LogP contribution is -2.27. The summed E-state index contributed by atoms with van der Waals surface area (Å²) in [4.78, 5) is 24.1. The number of nitrogens with zero attached hydrogens (tertiary/aromatic N) is 1. The van der Waals surface area contributed by atoms with Crippen LogP contribution in [-0.4, -0.2) is 28.9 Å². The highest BCUT2D eigenvalue weighted by Gasteiger charge is 2.33. The molecule has 18 heavy (non-hydrogen) atoms. The highest BCUT2D eigenvalue weighted by atomic mass is 79.9. The monoisotopic (exact) mass is 315 g/mol. The molecular formula is C12H11BrFNO3. The molecule has 1 atom stereocenters. The molecule has 1 saturated heterocycles. The number of amides is 1. The third-order valence-electron chi connectivity index (χ3n) is 2.91. The highest BCUT2D eigenvalue weighted by Crippen LogP contribution is 2.31. The average molecular weight is 316 g/mol. The predicted octanol–water partition coefficient (Wildman–Crippen LogP) is 2.27. The van der Waals surface area contributed by atoms with Crippen LogP contribution in [-0.2, 0) is 4.79 Å². The van der Waals surface area contributed by atoms with Gasteiger partial charge in [-0.3, -0.25) is 4.79 Å². The SMILES string of the molecule is O=C(O)c1cccc(F)c1N1CC(CBr)CC1=O. The standard InChI is InChI=1S/C12H11BrFNO3/c13-5-7-4-10(16)15(6-7)11-8(12(17)18)2-1-3-9(11)14/h1-3,7H,4-6H2,(H,17,18). The smallest absolute Gasteiger partial charge is 0.337 e. The van der Waals surface area contributed by atoms with Crippen LogP contribution in [0.3, 0.4) is 0 Å². The van der Waals surface area contributed by atoms with Gasteiger partial charge in [-0.1, -0.05) is 22.0 Å². The number of hydrogen-bond acceptors (Lipinski definition) is 2. The van der Waals surface area contributed by atoms with E-state index in [1.165, 1.54) is 17.0 Å². The van der Waals surface area contributed by atoms with Gasteiger partial charge in [0.1, 0.15) is 5.82 Å². The van der Waals surface area contributed by atoms with E-state index in [1.807, 2.05) is 0 Å². The van der Waals surface area contributed by atoms with Gasteiger partial charge in [0.25, 0.3) is 0 Å². The molecule has 0 radical (unpaired) electrons. The van der Waals surface area contributed by atoms with Gasteiger partial charge < -0.3 is 10.0 Å². The van der Waals surface area contributed by atoms with Crippen molar-refractivity contribution in [2.45, 2.75) is 6.42 Å². The number of halogens is 2. The Bertz CT molecular complexity index is 506. The van der Waals surface area contributed by atoms with Gasteiger partial charge in [0.2, 0.25) is 5.91 Å². The number of aromatic carboxylic acids is 1. The van der Waals surface area contributed by atoms with E-state index >= 15 is 0 Å². The van der Waals surface area contributed by atoms with Gasteiger partial charge in [0, 0.05) is 18.3 Å². The van der Waals surface area contributed by atoms with Gasteiger partial charge in [-0.15, -0.1) is 0 Å². The molecule has 6 heteroatoms. The third kappa shape index (κ3) is 2.25. The number of carboxylic acids is 1. The number of rotatable bonds is 3. The second-order valence-corrected chi connectivity index (χ2v) is 4.82. The molecule has 2 rings (SSSR count). The zero-order valence-electron chi connectivity index (χ0n) is 9.40. The van der Waals surface area contributed by atoms with Crippen molar-refractivity contribution in [2.75, 3.05) is 16.8 Å². The van der Waals surface area contributed by atoms with Crippen LogP contribution in [0.25, 0.3) is 0 Å². The molecule has 96 valence electrons. The minimum Gasteiger partial charge on any atom is -0.478 e. The van der Waals surface area contributed by atoms with Gasteiger partial charge in [-0.05, 0) is 18.1 Å². The number of benzene rings is 1. The van der Waals surface area contributed by atoms with Crippen molar-refractivity contribution in [3.05, 3.63) is 29.6 Å². The summed E-state index contributed by atoms with van der Waals surface area (Å²) in [5.41, 5.74) is -0.308. The van der Waals surface area contributed by atoms with Crippen LogP contribution in [0.4, 0.5) is 10.1 Å². The normalized spacial score (nSPS) is 19.3. The number of para-hydroxylation sites is 1. The van der Waals surface area contributed by atoms with Crippen LogP contribution in [0.2, 0.25) is 0 Å². The van der Waals surface area contributed by atoms with Crippen molar-refractivity contribution in [3.63, 3.8) is 0 Å². The Balaban J connectivity index is 2.45. The minimum atomic E-state index is -1.24. The number of carbonyl (C=O) groups excluding carboxylic acids is 1. The fraction of sp³-hybridized carbons (Fsp3) is 0.333. The van der Waals surface area contributed by atoms with Crippen molar-refractivity contribution >= 4 is 33.5 Å². The molecule has 0 spiro atoms. The quantitative estimate of drug-likeness (QED) is 0.870. The van der Waals surface area contributed by atoms with Crippen molar-refractivity contribution in [1.29, 1.82) is 0 Å². The minimum absolute atomic E-state index is 0.0822. The Kier molecular flexibility index (Phi) is 3.65. The maximum absolute atomic E-state index is 13.8. The average Bonchev–Trinajstić information content (AvgIpc) is 2.70. The first kappa shape index (κ1) is 13.0. The second kappa shape index (κ2) is 5.06. The summed E-state index contributed by atoms with van der Waals surface area (Å²) in [6.07, 6.45) is 0.304. The number of hydrogen-bond donors (Lipinski definition) is 1. The van der Waals surface area contributed by atoms with E-state index in [9.17, 15) is 14.0 Å². The molecule has 0 bridgehead atoms. The second-order valence-electron chi connectivity index (χ2n) is 4.17. The molecule has 1 aliphatic heterocycles. The van der Waals surface area contributed by atoms with Crippen molar-refractivity contribution in [1.82, 2.24) is 0 Å². The van der Waals surface area contributed by atoms with Crippen LogP contribution in [0.5, 0.6) is 0 Å². The van der Waals surface area contributed by atoms with Gasteiger partial charge >= 0.3 is 5.97 Å². The first-order chi connectivity index (χ1) is 8.54. The van der Waals surface area contributed by atoms with Crippen LogP contribution in [0.1, 0.15) is 16.8 Å². The van der Waals surface area contributed by atoms with E-state index < -0.39 is 11.8 Å². The van der Waals surface area contributed by atoms with Gasteiger partial charge in [0.15, 0.2) is 0 Å². The Morgan fingerprint density at radius 1 is 1.56 bits per heavy atom. The van der Waals surface area contributed by atoms with E-state index in [4.69, 9.17) is 5.11 Å². The first-order valence-electron chi connectivity index (χ1n) is 5.42. The molecular weight excluding hydrogens is 305 g/mol. The summed E-state index contributed by atoms with van der Waals surface area (Å²) < 4.78 is 13.8. The summed E-state index contributed by atoms with van der Waals surface area (Å²) in [7, 11) is 0. The van der Waals surface area contributed by atoms with E-state index in [1.54, 1.807) is 0 Å². The molecule has 1 unspecified atom stereocenters. The Morgan fingerprint density at radius 3 is 2.83 bits per heavy atom. The van der Waals surface area contributed by atoms with Crippen molar-refractivity contribution in [3.8, 4) is 0 Å². The van der Waals surface area contributed by atoms with E-state index in [0.29, 0.717) is 18.3 Å². The zero-order valence-corrected chi connectivity index (χ0v) is 11.0. The number of carboxylic acid groups (broad SMARTS) is 1. The Labute approximate surface area is 112 Å². The summed E-state index contributed by atoms with van der Waals surface area (Å²) >= 11 is 3.28. The molecule has 1 aliphatic rings. The number of anilines is 1. The Hall–Kier alpha value is -1.43. The zero-order chi connectivity index (χ0) is 13.3.